The van der Waals surface area contributed by atoms with Gasteiger partial charge in [-0.15, -0.1) is 0 Å². The van der Waals surface area contributed by atoms with Gasteiger partial charge in [0, 0.05) is 39.1 Å². The van der Waals surface area contributed by atoms with E-state index in [0.29, 0.717) is 25.3 Å². The molecule has 2 rings (SSSR count). The van der Waals surface area contributed by atoms with Crippen molar-refractivity contribution < 1.29 is 13.2 Å². The second-order valence-electron chi connectivity index (χ2n) is 6.75. The molecule has 3 N–H and O–H groups in total. The topological polar surface area (TPSA) is 103 Å². The molecule has 2 saturated heterocycles. The normalized spacial score (nSPS) is 24.0. The van der Waals surface area contributed by atoms with Gasteiger partial charge in [-0.1, -0.05) is 6.42 Å². The molecule has 1 amide bonds. The molecule has 0 radical (unpaired) electrons. The monoisotopic (exact) mass is 373 g/mol. The lowest BCUT2D eigenvalue weighted by Gasteiger charge is -2.26. The molecular weight excluding hydrogens is 342 g/mol. The van der Waals surface area contributed by atoms with Crippen molar-refractivity contribution in [3.8, 4) is 0 Å². The first-order valence-electron chi connectivity index (χ1n) is 9.15. The zero-order valence-electron chi connectivity index (χ0n) is 15.1. The van der Waals surface area contributed by atoms with Gasteiger partial charge in [-0.25, -0.2) is 8.42 Å². The second-order valence-corrected chi connectivity index (χ2v) is 8.97. The van der Waals surface area contributed by atoms with E-state index in [2.05, 4.69) is 25.8 Å². The molecule has 0 bridgehead atoms. The van der Waals surface area contributed by atoms with Crippen molar-refractivity contribution in [3.63, 3.8) is 0 Å². The fourth-order valence-corrected chi connectivity index (χ4v) is 4.91. The van der Waals surface area contributed by atoms with E-state index >= 15 is 0 Å². The maximum Gasteiger partial charge on any atom is 0.222 e. The number of carbonyl (C=O) groups excluding carboxylic acids is 1. The Morgan fingerprint density at radius 1 is 1.16 bits per heavy atom. The van der Waals surface area contributed by atoms with Gasteiger partial charge in [0.25, 0.3) is 0 Å². The predicted molar refractivity (Wildman–Crippen MR) is 99.5 cm³/mol. The molecule has 0 aromatic rings. The Hall–Kier alpha value is -1.35. The van der Waals surface area contributed by atoms with Gasteiger partial charge in [0.2, 0.25) is 5.91 Å². The minimum atomic E-state index is -2.96. The van der Waals surface area contributed by atoms with Crippen LogP contribution >= 0.6 is 0 Å². The van der Waals surface area contributed by atoms with E-state index in [4.69, 9.17) is 0 Å². The van der Waals surface area contributed by atoms with Crippen LogP contribution < -0.4 is 16.0 Å². The van der Waals surface area contributed by atoms with E-state index in [1.54, 1.807) is 7.05 Å². The number of amides is 1. The van der Waals surface area contributed by atoms with Crippen molar-refractivity contribution in [2.24, 2.45) is 4.99 Å². The average molecular weight is 374 g/mol. The van der Waals surface area contributed by atoms with Crippen LogP contribution in [0.1, 0.15) is 32.1 Å². The maximum absolute atomic E-state index is 11.9. The molecule has 1 atom stereocenters. The van der Waals surface area contributed by atoms with E-state index in [1.165, 1.54) is 32.4 Å². The van der Waals surface area contributed by atoms with Crippen LogP contribution in [-0.2, 0) is 14.6 Å². The molecule has 0 aromatic heterocycles. The fourth-order valence-electron chi connectivity index (χ4n) is 3.24. The summed E-state index contributed by atoms with van der Waals surface area (Å²) in [4.78, 5) is 18.5. The Bertz CT molecular complexity index is 558. The number of sulfone groups is 1. The summed E-state index contributed by atoms with van der Waals surface area (Å²) >= 11 is 0. The molecule has 0 aromatic carbocycles. The summed E-state index contributed by atoms with van der Waals surface area (Å²) in [5.41, 5.74) is 0. The zero-order valence-corrected chi connectivity index (χ0v) is 15.9. The average Bonchev–Trinajstić information content (AvgIpc) is 2.93. The predicted octanol–water partition coefficient (Wildman–Crippen LogP) is -0.669. The van der Waals surface area contributed by atoms with Crippen LogP contribution in [0.15, 0.2) is 4.99 Å². The quantitative estimate of drug-likeness (QED) is 0.404. The van der Waals surface area contributed by atoms with Gasteiger partial charge in [0.15, 0.2) is 15.8 Å². The molecular formula is C16H31N5O3S. The number of carbonyl (C=O) groups is 1. The van der Waals surface area contributed by atoms with E-state index in [-0.39, 0.29) is 23.5 Å². The first kappa shape index (κ1) is 20.0. The lowest BCUT2D eigenvalue weighted by molar-refractivity contribution is -0.121. The van der Waals surface area contributed by atoms with Gasteiger partial charge in [0.1, 0.15) is 0 Å². The number of nitrogens with one attached hydrogen (secondary N) is 3. The second kappa shape index (κ2) is 9.96. The number of likely N-dealkylation sites (tertiary alicyclic amines) is 1. The van der Waals surface area contributed by atoms with Crippen molar-refractivity contribution in [3.05, 3.63) is 0 Å². The molecule has 144 valence electrons. The standard InChI is InChI=1S/C16H31N5O3S/c1-17-16(19-8-11-21-9-3-2-4-10-21)18-7-5-15(22)20-14-6-12-25(23,24)13-14/h14H,2-13H2,1H3,(H,20,22)(H2,17,18,19). The highest BCUT2D eigenvalue weighted by Gasteiger charge is 2.28. The third-order valence-corrected chi connectivity index (χ3v) is 6.40. The van der Waals surface area contributed by atoms with Crippen molar-refractivity contribution in [1.82, 2.24) is 20.9 Å². The number of rotatable bonds is 7. The molecule has 0 spiro atoms. The number of hydrogen-bond acceptors (Lipinski definition) is 5. The Morgan fingerprint density at radius 3 is 2.52 bits per heavy atom. The fraction of sp³-hybridized carbons (Fsp3) is 0.875. The Morgan fingerprint density at radius 2 is 1.88 bits per heavy atom. The summed E-state index contributed by atoms with van der Waals surface area (Å²) in [7, 11) is -1.25. The van der Waals surface area contributed by atoms with Gasteiger partial charge in [0.05, 0.1) is 11.5 Å². The highest BCUT2D eigenvalue weighted by molar-refractivity contribution is 7.91. The van der Waals surface area contributed by atoms with Gasteiger partial charge >= 0.3 is 0 Å². The largest absolute Gasteiger partial charge is 0.356 e. The number of piperidine rings is 1. The third kappa shape index (κ3) is 7.60. The minimum Gasteiger partial charge on any atom is -0.356 e. The van der Waals surface area contributed by atoms with E-state index in [1.807, 2.05) is 0 Å². The number of nitrogens with zero attached hydrogens (tertiary/aromatic N) is 2. The van der Waals surface area contributed by atoms with Gasteiger partial charge in [-0.2, -0.15) is 0 Å². The highest BCUT2D eigenvalue weighted by atomic mass is 32.2. The lowest BCUT2D eigenvalue weighted by Crippen LogP contribution is -2.44. The van der Waals surface area contributed by atoms with Crippen molar-refractivity contribution in [2.45, 2.75) is 38.1 Å². The van der Waals surface area contributed by atoms with Crippen LogP contribution in [0.4, 0.5) is 0 Å². The number of guanidine groups is 1. The SMILES string of the molecule is CN=C(NCCC(=O)NC1CCS(=O)(=O)C1)NCCN1CCCCC1. The van der Waals surface area contributed by atoms with Gasteiger partial charge in [-0.05, 0) is 32.4 Å². The third-order valence-electron chi connectivity index (χ3n) is 4.63. The molecule has 0 saturated carbocycles. The van der Waals surface area contributed by atoms with Crippen molar-refractivity contribution in [2.75, 3.05) is 51.3 Å². The van der Waals surface area contributed by atoms with Gasteiger partial charge < -0.3 is 20.9 Å². The Labute approximate surface area is 150 Å². The first-order chi connectivity index (χ1) is 12.0. The van der Waals surface area contributed by atoms with Crippen LogP contribution in [-0.4, -0.2) is 82.5 Å². The minimum absolute atomic E-state index is 0.0614. The first-order valence-corrected chi connectivity index (χ1v) is 11.0. The van der Waals surface area contributed by atoms with E-state index in [9.17, 15) is 13.2 Å². The summed E-state index contributed by atoms with van der Waals surface area (Å²) in [6, 6.07) is -0.237. The lowest BCUT2D eigenvalue weighted by atomic mass is 10.1. The van der Waals surface area contributed by atoms with Crippen LogP contribution in [0.5, 0.6) is 0 Å². The molecule has 2 aliphatic heterocycles. The summed E-state index contributed by atoms with van der Waals surface area (Å²) in [6.45, 7) is 4.63. The Balaban J connectivity index is 1.56. The van der Waals surface area contributed by atoms with Gasteiger partial charge in [-0.3, -0.25) is 9.79 Å². The van der Waals surface area contributed by atoms with E-state index < -0.39 is 9.84 Å². The summed E-state index contributed by atoms with van der Waals surface area (Å²) in [5, 5.41) is 9.17. The zero-order chi connectivity index (χ0) is 18.1. The highest BCUT2D eigenvalue weighted by Crippen LogP contribution is 2.11. The molecule has 2 fully saturated rings. The molecule has 1 unspecified atom stereocenters. The van der Waals surface area contributed by atoms with Crippen LogP contribution in [0.25, 0.3) is 0 Å². The maximum atomic E-state index is 11.9. The molecule has 2 aliphatic rings. The van der Waals surface area contributed by atoms with Crippen molar-refractivity contribution in [1.29, 1.82) is 0 Å². The van der Waals surface area contributed by atoms with Crippen LogP contribution in [0, 0.1) is 0 Å². The molecule has 8 nitrogen and oxygen atoms in total. The van der Waals surface area contributed by atoms with E-state index in [0.717, 1.165) is 13.1 Å². The van der Waals surface area contributed by atoms with Crippen LogP contribution in [0.3, 0.4) is 0 Å². The summed E-state index contributed by atoms with van der Waals surface area (Å²) < 4.78 is 22.8. The van der Waals surface area contributed by atoms with Crippen LogP contribution in [0.2, 0.25) is 0 Å². The smallest absolute Gasteiger partial charge is 0.222 e. The Kier molecular flexibility index (Phi) is 7.95. The molecule has 9 heteroatoms. The van der Waals surface area contributed by atoms with Crippen molar-refractivity contribution >= 4 is 21.7 Å². The molecule has 0 aliphatic carbocycles. The molecule has 2 heterocycles. The number of aliphatic imine (C=N–C) groups is 1. The summed E-state index contributed by atoms with van der Waals surface area (Å²) in [5.74, 6) is 0.794. The summed E-state index contributed by atoms with van der Waals surface area (Å²) in [6.07, 6.45) is 4.71. The molecule has 25 heavy (non-hydrogen) atoms. The number of hydrogen-bond donors (Lipinski definition) is 3.